The SMILES string of the molecule is C[C@H](CN1CCOCC1)NC(=O)C1=Nc2cc3c(cc2C1)CN=C3c1ccncc1. The van der Waals surface area contributed by atoms with Crippen LogP contribution in [0, 0.1) is 0 Å². The third-order valence-electron chi connectivity index (χ3n) is 5.81. The van der Waals surface area contributed by atoms with Gasteiger partial charge in [-0.1, -0.05) is 6.07 Å². The Morgan fingerprint density at radius 2 is 2.00 bits per heavy atom. The van der Waals surface area contributed by atoms with Crippen LogP contribution in [0.25, 0.3) is 0 Å². The molecule has 1 aromatic carbocycles. The summed E-state index contributed by atoms with van der Waals surface area (Å²) < 4.78 is 5.39. The highest BCUT2D eigenvalue weighted by molar-refractivity contribution is 6.41. The van der Waals surface area contributed by atoms with Crippen LogP contribution < -0.4 is 5.32 Å². The molecule has 0 unspecified atom stereocenters. The molecule has 7 nitrogen and oxygen atoms in total. The van der Waals surface area contributed by atoms with Crippen LogP contribution in [0.1, 0.15) is 29.2 Å². The molecule has 1 fully saturated rings. The molecule has 3 aliphatic heterocycles. The highest BCUT2D eigenvalue weighted by atomic mass is 16.5. The minimum Gasteiger partial charge on any atom is -0.379 e. The Bertz CT molecular complexity index is 1030. The second kappa shape index (κ2) is 8.08. The number of aliphatic imine (C=N–C) groups is 2. The summed E-state index contributed by atoms with van der Waals surface area (Å²) in [4.78, 5) is 28.6. The highest BCUT2D eigenvalue weighted by Crippen LogP contribution is 2.34. The van der Waals surface area contributed by atoms with Crippen molar-refractivity contribution in [1.29, 1.82) is 0 Å². The summed E-state index contributed by atoms with van der Waals surface area (Å²) in [6.07, 6.45) is 4.13. The number of morpholine rings is 1. The Labute approximate surface area is 175 Å². The molecule has 3 aliphatic rings. The summed E-state index contributed by atoms with van der Waals surface area (Å²) in [5.74, 6) is -0.0739. The summed E-state index contributed by atoms with van der Waals surface area (Å²) in [5, 5.41) is 3.11. The van der Waals surface area contributed by atoms with Crippen molar-refractivity contribution in [2.45, 2.75) is 25.9 Å². The number of nitrogens with zero attached hydrogens (tertiary/aromatic N) is 4. The lowest BCUT2D eigenvalue weighted by Crippen LogP contribution is -2.47. The Hall–Kier alpha value is -2.90. The zero-order valence-electron chi connectivity index (χ0n) is 17.1. The van der Waals surface area contributed by atoms with Gasteiger partial charge in [0.1, 0.15) is 5.71 Å². The zero-order chi connectivity index (χ0) is 20.5. The lowest BCUT2D eigenvalue weighted by molar-refractivity contribution is -0.115. The third kappa shape index (κ3) is 3.78. The summed E-state index contributed by atoms with van der Waals surface area (Å²) in [6.45, 7) is 6.89. The molecule has 0 saturated carbocycles. The van der Waals surface area contributed by atoms with Gasteiger partial charge in [-0.15, -0.1) is 0 Å². The predicted molar refractivity (Wildman–Crippen MR) is 116 cm³/mol. The Morgan fingerprint density at radius 1 is 1.20 bits per heavy atom. The quantitative estimate of drug-likeness (QED) is 0.827. The number of hydrogen-bond acceptors (Lipinski definition) is 6. The molecule has 0 radical (unpaired) electrons. The first-order valence-corrected chi connectivity index (χ1v) is 10.5. The van der Waals surface area contributed by atoms with Crippen molar-refractivity contribution in [3.63, 3.8) is 0 Å². The molecular weight excluding hydrogens is 378 g/mol. The summed E-state index contributed by atoms with van der Waals surface area (Å²) in [5.41, 5.74) is 6.89. The summed E-state index contributed by atoms with van der Waals surface area (Å²) in [7, 11) is 0. The Morgan fingerprint density at radius 3 is 2.80 bits per heavy atom. The molecule has 1 saturated heterocycles. The fourth-order valence-electron chi connectivity index (χ4n) is 4.31. The van der Waals surface area contributed by atoms with E-state index < -0.39 is 0 Å². The number of rotatable bonds is 5. The van der Waals surface area contributed by atoms with Gasteiger partial charge in [0.2, 0.25) is 0 Å². The molecule has 1 aromatic heterocycles. The maximum atomic E-state index is 12.8. The van der Waals surface area contributed by atoms with E-state index >= 15 is 0 Å². The van der Waals surface area contributed by atoms with Crippen LogP contribution in [0.2, 0.25) is 0 Å². The molecule has 30 heavy (non-hydrogen) atoms. The van der Waals surface area contributed by atoms with Gasteiger partial charge >= 0.3 is 0 Å². The number of carbonyl (C=O) groups excluding carboxylic acids is 1. The van der Waals surface area contributed by atoms with Crippen LogP contribution in [0.3, 0.4) is 0 Å². The van der Waals surface area contributed by atoms with Crippen molar-refractivity contribution in [1.82, 2.24) is 15.2 Å². The van der Waals surface area contributed by atoms with E-state index in [4.69, 9.17) is 9.73 Å². The summed E-state index contributed by atoms with van der Waals surface area (Å²) in [6, 6.07) is 8.24. The topological polar surface area (TPSA) is 79.2 Å². The molecule has 0 aliphatic carbocycles. The van der Waals surface area contributed by atoms with Crippen molar-refractivity contribution in [3.8, 4) is 0 Å². The number of carbonyl (C=O) groups is 1. The number of pyridine rings is 1. The van der Waals surface area contributed by atoms with Crippen LogP contribution in [-0.4, -0.2) is 66.1 Å². The lowest BCUT2D eigenvalue weighted by atomic mass is 9.97. The summed E-state index contributed by atoms with van der Waals surface area (Å²) >= 11 is 0. The lowest BCUT2D eigenvalue weighted by Gasteiger charge is -2.29. The maximum Gasteiger partial charge on any atom is 0.266 e. The number of benzene rings is 1. The van der Waals surface area contributed by atoms with E-state index in [1.165, 1.54) is 5.56 Å². The second-order valence-corrected chi connectivity index (χ2v) is 8.06. The number of fused-ring (bicyclic) bond motifs is 2. The fraction of sp³-hybridized carbons (Fsp3) is 0.391. The number of ether oxygens (including phenoxy) is 1. The maximum absolute atomic E-state index is 12.8. The van der Waals surface area contributed by atoms with Crippen molar-refractivity contribution < 1.29 is 9.53 Å². The van der Waals surface area contributed by atoms with E-state index in [-0.39, 0.29) is 11.9 Å². The van der Waals surface area contributed by atoms with Crippen molar-refractivity contribution in [3.05, 3.63) is 58.9 Å². The molecule has 0 bridgehead atoms. The number of aromatic nitrogens is 1. The molecule has 4 heterocycles. The van der Waals surface area contributed by atoms with Crippen molar-refractivity contribution in [2.24, 2.45) is 9.98 Å². The van der Waals surface area contributed by atoms with Gasteiger partial charge in [0, 0.05) is 55.6 Å². The fourth-order valence-corrected chi connectivity index (χ4v) is 4.31. The molecule has 1 atom stereocenters. The molecule has 7 heteroatoms. The van der Waals surface area contributed by atoms with Gasteiger partial charge < -0.3 is 10.1 Å². The molecule has 2 aromatic rings. The Balaban J connectivity index is 1.28. The van der Waals surface area contributed by atoms with Crippen molar-refractivity contribution >= 4 is 23.0 Å². The Kier molecular flexibility index (Phi) is 5.14. The average Bonchev–Trinajstić information content (AvgIpc) is 3.36. The average molecular weight is 403 g/mol. The van der Waals surface area contributed by atoms with Crippen LogP contribution in [-0.2, 0) is 22.5 Å². The molecule has 5 rings (SSSR count). The van der Waals surface area contributed by atoms with Gasteiger partial charge in [-0.05, 0) is 36.2 Å². The van der Waals surface area contributed by atoms with Gasteiger partial charge in [-0.2, -0.15) is 0 Å². The minimum absolute atomic E-state index is 0.0671. The van der Waals surface area contributed by atoms with Crippen LogP contribution in [0.5, 0.6) is 0 Å². The first-order valence-electron chi connectivity index (χ1n) is 10.5. The van der Waals surface area contributed by atoms with Gasteiger partial charge in [0.15, 0.2) is 0 Å². The molecule has 154 valence electrons. The van der Waals surface area contributed by atoms with Crippen LogP contribution in [0.15, 0.2) is 46.6 Å². The largest absolute Gasteiger partial charge is 0.379 e. The normalized spacial score (nSPS) is 19.0. The van der Waals surface area contributed by atoms with E-state index in [1.807, 2.05) is 19.1 Å². The molecular formula is C23H25N5O2. The number of amides is 1. The number of nitrogens with one attached hydrogen (secondary N) is 1. The smallest absolute Gasteiger partial charge is 0.266 e. The monoisotopic (exact) mass is 403 g/mol. The van der Waals surface area contributed by atoms with Crippen LogP contribution >= 0.6 is 0 Å². The predicted octanol–water partition coefficient (Wildman–Crippen LogP) is 1.90. The van der Waals surface area contributed by atoms with Gasteiger partial charge in [-0.25, -0.2) is 4.99 Å². The molecule has 0 spiro atoms. The molecule has 1 amide bonds. The first kappa shape index (κ1) is 19.1. The zero-order valence-corrected chi connectivity index (χ0v) is 17.1. The van der Waals surface area contributed by atoms with Gasteiger partial charge in [0.05, 0.1) is 31.2 Å². The first-order chi connectivity index (χ1) is 14.7. The van der Waals surface area contributed by atoms with Crippen molar-refractivity contribution in [2.75, 3.05) is 32.8 Å². The second-order valence-electron chi connectivity index (χ2n) is 8.06. The van der Waals surface area contributed by atoms with E-state index in [1.54, 1.807) is 12.4 Å². The van der Waals surface area contributed by atoms with E-state index in [0.29, 0.717) is 18.7 Å². The van der Waals surface area contributed by atoms with Gasteiger partial charge in [0.25, 0.3) is 5.91 Å². The standard InChI is InChI=1S/C23H25N5O2/c1-15(14-28-6-8-30-9-7-28)26-23(29)21-11-17-10-18-13-25-22(16-2-4-24-5-3-16)19(18)12-20(17)27-21/h2-5,10,12,15H,6-9,11,13-14H2,1H3,(H,26,29)/t15-/m1/s1. The third-order valence-corrected chi connectivity index (χ3v) is 5.81. The molecule has 1 N–H and O–H groups in total. The van der Waals surface area contributed by atoms with E-state index in [0.717, 1.165) is 60.9 Å². The van der Waals surface area contributed by atoms with Gasteiger partial charge in [-0.3, -0.25) is 19.7 Å². The highest BCUT2D eigenvalue weighted by Gasteiger charge is 2.26. The van der Waals surface area contributed by atoms with E-state index in [2.05, 4.69) is 32.3 Å². The van der Waals surface area contributed by atoms with E-state index in [9.17, 15) is 4.79 Å². The minimum atomic E-state index is -0.0739. The number of hydrogen-bond donors (Lipinski definition) is 1. The van der Waals surface area contributed by atoms with Crippen LogP contribution in [0.4, 0.5) is 5.69 Å².